The Balaban J connectivity index is 1.61. The first kappa shape index (κ1) is 22.4. The molecular formula is C25H20F3N3O2. The lowest BCUT2D eigenvalue weighted by molar-refractivity contribution is -0.137. The summed E-state index contributed by atoms with van der Waals surface area (Å²) < 4.78 is 46.6. The molecule has 0 aliphatic heterocycles. The van der Waals surface area contributed by atoms with E-state index >= 15 is 0 Å². The lowest BCUT2D eigenvalue weighted by Crippen LogP contribution is -2.26. The number of rotatable bonds is 6. The van der Waals surface area contributed by atoms with E-state index in [1.54, 1.807) is 18.2 Å². The summed E-state index contributed by atoms with van der Waals surface area (Å²) in [5.41, 5.74) is 7.29. The van der Waals surface area contributed by atoms with Crippen molar-refractivity contribution in [2.75, 3.05) is 6.61 Å². The first-order valence-electron chi connectivity index (χ1n) is 10.1. The van der Waals surface area contributed by atoms with Crippen LogP contribution in [0.4, 0.5) is 13.2 Å². The maximum atomic E-state index is 13.0. The SMILES string of the molecule is N#Cc1cc(Oc2ccc(-n3cc(C[C@H](N)CO)c4ccccc43)cc2)ccc1C(F)(F)F. The molecule has 0 saturated heterocycles. The van der Waals surface area contributed by atoms with E-state index in [-0.39, 0.29) is 18.4 Å². The monoisotopic (exact) mass is 451 g/mol. The summed E-state index contributed by atoms with van der Waals surface area (Å²) in [6.07, 6.45) is -2.10. The second kappa shape index (κ2) is 8.98. The van der Waals surface area contributed by atoms with Crippen LogP contribution >= 0.6 is 0 Å². The van der Waals surface area contributed by atoms with Crippen LogP contribution in [0.3, 0.4) is 0 Å². The van der Waals surface area contributed by atoms with E-state index in [1.165, 1.54) is 6.07 Å². The summed E-state index contributed by atoms with van der Waals surface area (Å²) in [6, 6.07) is 19.2. The molecule has 0 aliphatic carbocycles. The smallest absolute Gasteiger partial charge is 0.417 e. The molecule has 4 aromatic rings. The lowest BCUT2D eigenvalue weighted by Gasteiger charge is -2.12. The largest absolute Gasteiger partial charge is 0.457 e. The third-order valence-corrected chi connectivity index (χ3v) is 5.28. The molecule has 1 aromatic heterocycles. The van der Waals surface area contributed by atoms with Crippen LogP contribution in [-0.2, 0) is 12.6 Å². The minimum atomic E-state index is -4.61. The summed E-state index contributed by atoms with van der Waals surface area (Å²) in [7, 11) is 0. The van der Waals surface area contributed by atoms with Crippen molar-refractivity contribution in [1.82, 2.24) is 4.57 Å². The Morgan fingerprint density at radius 3 is 2.39 bits per heavy atom. The Hall–Kier alpha value is -3.80. The van der Waals surface area contributed by atoms with Crippen LogP contribution in [0.1, 0.15) is 16.7 Å². The Kier molecular flexibility index (Phi) is 6.09. The minimum Gasteiger partial charge on any atom is -0.457 e. The van der Waals surface area contributed by atoms with Gasteiger partial charge in [0.1, 0.15) is 11.5 Å². The molecule has 4 rings (SSSR count). The second-order valence-corrected chi connectivity index (χ2v) is 7.60. The number of hydrogen-bond donors (Lipinski definition) is 2. The van der Waals surface area contributed by atoms with Gasteiger partial charge in [-0.25, -0.2) is 0 Å². The van der Waals surface area contributed by atoms with Crippen LogP contribution < -0.4 is 10.5 Å². The topological polar surface area (TPSA) is 84.2 Å². The number of aliphatic hydroxyl groups excluding tert-OH is 1. The van der Waals surface area contributed by atoms with Crippen molar-refractivity contribution in [3.8, 4) is 23.3 Å². The molecule has 0 amide bonds. The van der Waals surface area contributed by atoms with Gasteiger partial charge in [-0.05, 0) is 60.5 Å². The number of nitriles is 1. The van der Waals surface area contributed by atoms with E-state index in [0.29, 0.717) is 12.2 Å². The van der Waals surface area contributed by atoms with Gasteiger partial charge in [0.05, 0.1) is 29.3 Å². The zero-order valence-corrected chi connectivity index (χ0v) is 17.4. The molecule has 0 spiro atoms. The molecule has 1 heterocycles. The van der Waals surface area contributed by atoms with Crippen LogP contribution in [0.2, 0.25) is 0 Å². The number of fused-ring (bicyclic) bond motifs is 1. The number of hydrogen-bond acceptors (Lipinski definition) is 4. The molecule has 0 radical (unpaired) electrons. The van der Waals surface area contributed by atoms with E-state index in [9.17, 15) is 18.3 Å². The Bertz CT molecular complexity index is 1320. The van der Waals surface area contributed by atoms with Crippen molar-refractivity contribution in [1.29, 1.82) is 5.26 Å². The highest BCUT2D eigenvalue weighted by atomic mass is 19.4. The molecule has 168 valence electrons. The zero-order valence-electron chi connectivity index (χ0n) is 17.4. The summed E-state index contributed by atoms with van der Waals surface area (Å²) in [6.45, 7) is -0.108. The Labute approximate surface area is 188 Å². The van der Waals surface area contributed by atoms with E-state index in [4.69, 9.17) is 15.7 Å². The van der Waals surface area contributed by atoms with Crippen molar-refractivity contribution in [3.63, 3.8) is 0 Å². The highest BCUT2D eigenvalue weighted by molar-refractivity contribution is 5.85. The third kappa shape index (κ3) is 4.70. The normalized spacial score (nSPS) is 12.5. The molecule has 0 bridgehead atoms. The molecule has 0 fully saturated rings. The summed E-state index contributed by atoms with van der Waals surface area (Å²) in [5.74, 6) is 0.556. The molecular weight excluding hydrogens is 431 g/mol. The Morgan fingerprint density at radius 2 is 1.73 bits per heavy atom. The number of ether oxygens (including phenoxy) is 1. The van der Waals surface area contributed by atoms with E-state index < -0.39 is 17.3 Å². The number of alkyl halides is 3. The van der Waals surface area contributed by atoms with Gasteiger partial charge in [0.25, 0.3) is 0 Å². The van der Waals surface area contributed by atoms with Gasteiger partial charge in [0.2, 0.25) is 0 Å². The zero-order chi connectivity index (χ0) is 23.6. The van der Waals surface area contributed by atoms with Gasteiger partial charge >= 0.3 is 6.18 Å². The van der Waals surface area contributed by atoms with Crippen molar-refractivity contribution in [2.45, 2.75) is 18.6 Å². The highest BCUT2D eigenvalue weighted by Crippen LogP contribution is 2.35. The van der Waals surface area contributed by atoms with Gasteiger partial charge < -0.3 is 20.1 Å². The molecule has 8 heteroatoms. The minimum absolute atomic E-state index is 0.108. The fourth-order valence-electron chi connectivity index (χ4n) is 3.71. The van der Waals surface area contributed by atoms with Gasteiger partial charge in [0.15, 0.2) is 0 Å². The Morgan fingerprint density at radius 1 is 1.03 bits per heavy atom. The standard InChI is InChI=1S/C25H20F3N3O2/c26-25(27,28)23-10-9-21(12-16(23)13-29)33-20-7-5-19(6-8-20)31-14-17(11-18(30)15-32)22-3-1-2-4-24(22)31/h1-10,12,14,18,32H,11,15,30H2/t18-/m0/s1. The predicted octanol–water partition coefficient (Wildman–Crippen LogP) is 5.18. The summed E-state index contributed by atoms with van der Waals surface area (Å²) >= 11 is 0. The molecule has 0 aliphatic rings. The van der Waals surface area contributed by atoms with Crippen LogP contribution in [0, 0.1) is 11.3 Å². The maximum Gasteiger partial charge on any atom is 0.417 e. The molecule has 5 nitrogen and oxygen atoms in total. The number of benzene rings is 3. The molecule has 3 aromatic carbocycles. The number of nitrogens with zero attached hydrogens (tertiary/aromatic N) is 2. The van der Waals surface area contributed by atoms with Crippen molar-refractivity contribution >= 4 is 10.9 Å². The van der Waals surface area contributed by atoms with Crippen molar-refractivity contribution < 1.29 is 23.0 Å². The average Bonchev–Trinajstić information content (AvgIpc) is 3.17. The maximum absolute atomic E-state index is 13.0. The average molecular weight is 451 g/mol. The van der Waals surface area contributed by atoms with Crippen LogP contribution in [-0.4, -0.2) is 22.3 Å². The van der Waals surface area contributed by atoms with Crippen LogP contribution in [0.5, 0.6) is 11.5 Å². The van der Waals surface area contributed by atoms with Gasteiger partial charge in [-0.2, -0.15) is 18.4 Å². The van der Waals surface area contributed by atoms with E-state index in [2.05, 4.69) is 0 Å². The number of aliphatic hydroxyl groups is 1. The first-order valence-corrected chi connectivity index (χ1v) is 10.1. The number of aromatic nitrogens is 1. The third-order valence-electron chi connectivity index (χ3n) is 5.28. The van der Waals surface area contributed by atoms with E-state index in [0.717, 1.165) is 34.3 Å². The fourth-order valence-corrected chi connectivity index (χ4v) is 3.71. The molecule has 0 unspecified atom stereocenters. The quantitative estimate of drug-likeness (QED) is 0.423. The number of halogens is 3. The molecule has 3 N–H and O–H groups in total. The summed E-state index contributed by atoms with van der Waals surface area (Å²) in [5, 5.41) is 19.4. The highest BCUT2D eigenvalue weighted by Gasteiger charge is 2.33. The van der Waals surface area contributed by atoms with Gasteiger partial charge in [-0.15, -0.1) is 0 Å². The fraction of sp³-hybridized carbons (Fsp3) is 0.160. The van der Waals surface area contributed by atoms with Crippen molar-refractivity contribution in [3.05, 3.63) is 89.6 Å². The predicted molar refractivity (Wildman–Crippen MR) is 118 cm³/mol. The first-order chi connectivity index (χ1) is 15.8. The van der Waals surface area contributed by atoms with Gasteiger partial charge in [-0.1, -0.05) is 18.2 Å². The summed E-state index contributed by atoms with van der Waals surface area (Å²) in [4.78, 5) is 0. The molecule has 33 heavy (non-hydrogen) atoms. The number of para-hydroxylation sites is 1. The van der Waals surface area contributed by atoms with Gasteiger partial charge in [-0.3, -0.25) is 0 Å². The molecule has 1 atom stereocenters. The molecule has 0 saturated carbocycles. The van der Waals surface area contributed by atoms with E-state index in [1.807, 2.05) is 47.2 Å². The van der Waals surface area contributed by atoms with Crippen LogP contribution in [0.15, 0.2) is 72.9 Å². The number of nitrogens with two attached hydrogens (primary N) is 1. The lowest BCUT2D eigenvalue weighted by atomic mass is 10.1. The van der Waals surface area contributed by atoms with Gasteiger partial charge in [0, 0.05) is 23.3 Å². The second-order valence-electron chi connectivity index (χ2n) is 7.60. The van der Waals surface area contributed by atoms with Crippen LogP contribution in [0.25, 0.3) is 16.6 Å². The van der Waals surface area contributed by atoms with Crippen molar-refractivity contribution in [2.24, 2.45) is 5.73 Å².